The second-order valence-electron chi connectivity index (χ2n) is 4.07. The molecule has 0 bridgehead atoms. The summed E-state index contributed by atoms with van der Waals surface area (Å²) >= 11 is 0. The number of aromatic nitrogens is 4. The van der Waals surface area contributed by atoms with Crippen LogP contribution in [0.2, 0.25) is 0 Å². The van der Waals surface area contributed by atoms with E-state index >= 15 is 0 Å². The molecule has 3 aromatic rings. The van der Waals surface area contributed by atoms with Crippen LogP contribution in [0.5, 0.6) is 5.75 Å². The number of aromatic hydroxyl groups is 1. The Balaban J connectivity index is 2.14. The summed E-state index contributed by atoms with van der Waals surface area (Å²) in [7, 11) is 1.77. The number of aryl methyl sites for hydroxylation is 1. The van der Waals surface area contributed by atoms with E-state index in [-0.39, 0.29) is 5.75 Å². The average molecular weight is 256 g/mol. The van der Waals surface area contributed by atoms with Gasteiger partial charge in [0, 0.05) is 7.05 Å². The zero-order valence-corrected chi connectivity index (χ0v) is 10.2. The molecule has 2 heterocycles. The quantitative estimate of drug-likeness (QED) is 0.599. The van der Waals surface area contributed by atoms with Crippen LogP contribution in [0.15, 0.2) is 30.6 Å². The Bertz CT molecular complexity index is 751. The lowest BCUT2D eigenvalue weighted by molar-refractivity contribution is 0.477. The predicted molar refractivity (Wildman–Crippen MR) is 72.1 cm³/mol. The second kappa shape index (κ2) is 4.13. The summed E-state index contributed by atoms with van der Waals surface area (Å²) in [4.78, 5) is 8.09. The molecule has 0 spiro atoms. The molecule has 0 saturated heterocycles. The highest BCUT2D eigenvalue weighted by molar-refractivity contribution is 5.97. The summed E-state index contributed by atoms with van der Waals surface area (Å²) in [5, 5.41) is 17.7. The molecule has 0 atom stereocenters. The number of nitrogen functional groups attached to an aromatic ring is 1. The maximum absolute atomic E-state index is 9.76. The predicted octanol–water partition coefficient (Wildman–Crippen LogP) is 1.39. The maximum Gasteiger partial charge on any atom is 0.165 e. The monoisotopic (exact) mass is 256 g/mol. The van der Waals surface area contributed by atoms with Crippen molar-refractivity contribution >= 4 is 28.4 Å². The molecule has 0 amide bonds. The summed E-state index contributed by atoms with van der Waals surface area (Å²) < 4.78 is 1.61. The van der Waals surface area contributed by atoms with Gasteiger partial charge in [-0.05, 0) is 12.1 Å². The molecule has 7 heteroatoms. The van der Waals surface area contributed by atoms with Crippen LogP contribution < -0.4 is 11.1 Å². The van der Waals surface area contributed by atoms with E-state index in [4.69, 9.17) is 5.73 Å². The van der Waals surface area contributed by atoms with Gasteiger partial charge in [-0.2, -0.15) is 5.10 Å². The third kappa shape index (κ3) is 1.81. The van der Waals surface area contributed by atoms with Gasteiger partial charge in [0.05, 0.1) is 5.69 Å². The minimum Gasteiger partial charge on any atom is -0.506 e. The van der Waals surface area contributed by atoms with Crippen LogP contribution in [-0.2, 0) is 7.05 Å². The van der Waals surface area contributed by atoms with Crippen LogP contribution in [-0.4, -0.2) is 24.9 Å². The topological polar surface area (TPSA) is 102 Å². The maximum atomic E-state index is 9.76. The molecule has 3 rings (SSSR count). The minimum absolute atomic E-state index is 0.136. The van der Waals surface area contributed by atoms with Crippen molar-refractivity contribution in [2.45, 2.75) is 0 Å². The summed E-state index contributed by atoms with van der Waals surface area (Å²) in [5.74, 6) is 0.991. The van der Waals surface area contributed by atoms with Gasteiger partial charge in [0.25, 0.3) is 0 Å². The molecule has 7 nitrogen and oxygen atoms in total. The number of nitrogens with zero attached hydrogens (tertiary/aromatic N) is 4. The van der Waals surface area contributed by atoms with E-state index in [1.807, 2.05) is 6.07 Å². The lowest BCUT2D eigenvalue weighted by Crippen LogP contribution is -1.95. The first-order chi connectivity index (χ1) is 9.16. The van der Waals surface area contributed by atoms with Crippen molar-refractivity contribution in [2.24, 2.45) is 7.05 Å². The number of fused-ring (bicyclic) bond motifs is 1. The Hall–Kier alpha value is -2.83. The van der Waals surface area contributed by atoms with Crippen molar-refractivity contribution in [1.82, 2.24) is 19.7 Å². The fraction of sp³-hybridized carbons (Fsp3) is 0.0833. The Kier molecular flexibility index (Phi) is 2.45. The molecule has 2 aromatic heterocycles. The highest BCUT2D eigenvalue weighted by atomic mass is 16.3. The third-order valence-corrected chi connectivity index (χ3v) is 2.81. The number of anilines is 3. The average Bonchev–Trinajstić information content (AvgIpc) is 2.71. The van der Waals surface area contributed by atoms with Crippen LogP contribution in [0.1, 0.15) is 0 Å². The van der Waals surface area contributed by atoms with Gasteiger partial charge in [-0.1, -0.05) is 12.1 Å². The van der Waals surface area contributed by atoms with Crippen molar-refractivity contribution in [3.05, 3.63) is 30.6 Å². The van der Waals surface area contributed by atoms with E-state index in [1.165, 1.54) is 6.33 Å². The molecule has 0 aliphatic carbocycles. The smallest absolute Gasteiger partial charge is 0.165 e. The molecule has 19 heavy (non-hydrogen) atoms. The standard InChI is InChI=1S/C12H12N6O/c1-18-12-9(10(13)14-6-15-12)11(17-18)16-7-4-2-3-5-8(7)19/h2-6,19H,1H3,(H,16,17)(H2,13,14,15). The van der Waals surface area contributed by atoms with Crippen molar-refractivity contribution in [1.29, 1.82) is 0 Å². The number of phenols is 1. The molecular weight excluding hydrogens is 244 g/mol. The summed E-state index contributed by atoms with van der Waals surface area (Å²) in [5.41, 5.74) is 7.03. The molecule has 0 aliphatic heterocycles. The number of nitrogens with two attached hydrogens (primary N) is 1. The minimum atomic E-state index is 0.136. The van der Waals surface area contributed by atoms with E-state index in [0.29, 0.717) is 28.4 Å². The first kappa shape index (κ1) is 11.3. The molecule has 96 valence electrons. The zero-order valence-electron chi connectivity index (χ0n) is 10.2. The van der Waals surface area contributed by atoms with Crippen LogP contribution in [0.25, 0.3) is 11.0 Å². The molecule has 0 aliphatic rings. The Morgan fingerprint density at radius 3 is 2.84 bits per heavy atom. The van der Waals surface area contributed by atoms with Gasteiger partial charge in [0.1, 0.15) is 23.3 Å². The van der Waals surface area contributed by atoms with Crippen molar-refractivity contribution in [3.63, 3.8) is 0 Å². The largest absolute Gasteiger partial charge is 0.506 e. The molecule has 0 unspecified atom stereocenters. The SMILES string of the molecule is Cn1nc(Nc2ccccc2O)c2c(N)ncnc21. The molecular formula is C12H12N6O. The van der Waals surface area contributed by atoms with E-state index in [2.05, 4.69) is 20.4 Å². The van der Waals surface area contributed by atoms with Gasteiger partial charge >= 0.3 is 0 Å². The number of hydrogen-bond donors (Lipinski definition) is 3. The highest BCUT2D eigenvalue weighted by Gasteiger charge is 2.14. The van der Waals surface area contributed by atoms with Gasteiger partial charge in [-0.15, -0.1) is 0 Å². The first-order valence-corrected chi connectivity index (χ1v) is 5.65. The van der Waals surface area contributed by atoms with Gasteiger partial charge in [-0.3, -0.25) is 0 Å². The van der Waals surface area contributed by atoms with E-state index < -0.39 is 0 Å². The number of nitrogens with one attached hydrogen (secondary N) is 1. The third-order valence-electron chi connectivity index (χ3n) is 2.81. The van der Waals surface area contributed by atoms with E-state index in [9.17, 15) is 5.11 Å². The Morgan fingerprint density at radius 2 is 2.05 bits per heavy atom. The van der Waals surface area contributed by atoms with Crippen LogP contribution in [0.4, 0.5) is 17.3 Å². The molecule has 0 radical (unpaired) electrons. The van der Waals surface area contributed by atoms with Gasteiger partial charge in [-0.25, -0.2) is 14.6 Å². The van der Waals surface area contributed by atoms with Gasteiger partial charge in [0.2, 0.25) is 0 Å². The summed E-state index contributed by atoms with van der Waals surface area (Å²) in [6.07, 6.45) is 1.39. The fourth-order valence-electron chi connectivity index (χ4n) is 1.90. The fourth-order valence-corrected chi connectivity index (χ4v) is 1.90. The lowest BCUT2D eigenvalue weighted by atomic mass is 10.3. The van der Waals surface area contributed by atoms with Crippen molar-refractivity contribution in [2.75, 3.05) is 11.1 Å². The molecule has 0 fully saturated rings. The van der Waals surface area contributed by atoms with Crippen molar-refractivity contribution < 1.29 is 5.11 Å². The lowest BCUT2D eigenvalue weighted by Gasteiger charge is -2.05. The first-order valence-electron chi connectivity index (χ1n) is 5.65. The zero-order chi connectivity index (χ0) is 13.4. The van der Waals surface area contributed by atoms with Gasteiger partial charge in [0.15, 0.2) is 11.5 Å². The van der Waals surface area contributed by atoms with Gasteiger partial charge < -0.3 is 16.2 Å². The summed E-state index contributed by atoms with van der Waals surface area (Å²) in [6.45, 7) is 0. The number of para-hydroxylation sites is 2. The Labute approximate surface area is 108 Å². The van der Waals surface area contributed by atoms with Crippen LogP contribution in [0.3, 0.4) is 0 Å². The second-order valence-corrected chi connectivity index (χ2v) is 4.07. The van der Waals surface area contributed by atoms with Crippen LogP contribution >= 0.6 is 0 Å². The molecule has 1 aromatic carbocycles. The molecule has 4 N–H and O–H groups in total. The Morgan fingerprint density at radius 1 is 1.26 bits per heavy atom. The number of hydrogen-bond acceptors (Lipinski definition) is 6. The van der Waals surface area contributed by atoms with Crippen molar-refractivity contribution in [3.8, 4) is 5.75 Å². The normalized spacial score (nSPS) is 10.8. The van der Waals surface area contributed by atoms with Crippen LogP contribution in [0, 0.1) is 0 Å². The summed E-state index contributed by atoms with van der Waals surface area (Å²) in [6, 6.07) is 6.89. The molecule has 0 saturated carbocycles. The van der Waals surface area contributed by atoms with E-state index in [1.54, 1.807) is 29.9 Å². The number of rotatable bonds is 2. The number of phenolic OH excluding ortho intramolecular Hbond substituents is 1. The van der Waals surface area contributed by atoms with E-state index in [0.717, 1.165) is 0 Å². The number of benzene rings is 1. The highest BCUT2D eigenvalue weighted by Crippen LogP contribution is 2.30.